The van der Waals surface area contributed by atoms with Gasteiger partial charge >= 0.3 is 5.97 Å². The number of hydrogen-bond donors (Lipinski definition) is 1. The van der Waals surface area contributed by atoms with Gasteiger partial charge in [-0.1, -0.05) is 25.5 Å². The number of rotatable bonds is 5. The van der Waals surface area contributed by atoms with E-state index in [0.29, 0.717) is 13.1 Å². The summed E-state index contributed by atoms with van der Waals surface area (Å²) in [6.07, 6.45) is 4.25. The van der Waals surface area contributed by atoms with Crippen LogP contribution in [0.25, 0.3) is 0 Å². The summed E-state index contributed by atoms with van der Waals surface area (Å²) in [5.41, 5.74) is 2.52. The topological polar surface area (TPSA) is 60.9 Å². The molecule has 0 radical (unpaired) electrons. The van der Waals surface area contributed by atoms with Crippen molar-refractivity contribution in [2.24, 2.45) is 0 Å². The number of carboxylic acids is 1. The zero-order valence-corrected chi connectivity index (χ0v) is 12.9. The number of carbonyl (C=O) groups excluding carboxylic acids is 1. The molecule has 0 aliphatic carbocycles. The Morgan fingerprint density at radius 3 is 2.27 bits per heavy atom. The number of benzene rings is 1. The minimum atomic E-state index is -1.10. The van der Waals surface area contributed by atoms with E-state index < -0.39 is 5.97 Å². The van der Waals surface area contributed by atoms with E-state index in [1.54, 1.807) is 4.90 Å². The molecular weight excluding hydrogens is 280 g/mol. The van der Waals surface area contributed by atoms with E-state index >= 15 is 0 Å². The van der Waals surface area contributed by atoms with E-state index in [9.17, 15) is 9.59 Å². The normalized spacial score (nSPS) is 15.3. The highest BCUT2D eigenvalue weighted by Crippen LogP contribution is 2.18. The SMILES string of the molecule is CCCc1ccc(N2CCN(C(=O)/C=C/C(=O)O)CC2)cc1. The third-order valence-corrected chi connectivity index (χ3v) is 3.80. The van der Waals surface area contributed by atoms with Crippen LogP contribution < -0.4 is 4.90 Å². The van der Waals surface area contributed by atoms with Gasteiger partial charge in [-0.15, -0.1) is 0 Å². The highest BCUT2D eigenvalue weighted by Gasteiger charge is 2.19. The molecule has 5 heteroatoms. The highest BCUT2D eigenvalue weighted by molar-refractivity contribution is 5.94. The Hall–Kier alpha value is -2.30. The van der Waals surface area contributed by atoms with Crippen LogP contribution in [0.5, 0.6) is 0 Å². The quantitative estimate of drug-likeness (QED) is 0.844. The molecular formula is C17H22N2O3. The Bertz CT molecular complexity index is 544. The molecule has 1 amide bonds. The lowest BCUT2D eigenvalue weighted by Crippen LogP contribution is -2.48. The lowest BCUT2D eigenvalue weighted by atomic mass is 10.1. The molecule has 1 heterocycles. The monoisotopic (exact) mass is 302 g/mol. The third-order valence-electron chi connectivity index (χ3n) is 3.80. The van der Waals surface area contributed by atoms with Gasteiger partial charge in [0.05, 0.1) is 0 Å². The van der Waals surface area contributed by atoms with E-state index in [2.05, 4.69) is 36.1 Å². The van der Waals surface area contributed by atoms with Crippen LogP contribution in [-0.4, -0.2) is 48.1 Å². The van der Waals surface area contributed by atoms with Crippen molar-refractivity contribution in [3.05, 3.63) is 42.0 Å². The maximum atomic E-state index is 11.8. The number of carboxylic acid groups (broad SMARTS) is 1. The van der Waals surface area contributed by atoms with Gasteiger partial charge in [0.2, 0.25) is 5.91 Å². The molecule has 2 rings (SSSR count). The molecule has 0 aromatic heterocycles. The van der Waals surface area contributed by atoms with Gasteiger partial charge in [0, 0.05) is 44.0 Å². The van der Waals surface area contributed by atoms with Crippen molar-refractivity contribution in [3.8, 4) is 0 Å². The lowest BCUT2D eigenvalue weighted by Gasteiger charge is -2.35. The molecule has 0 saturated carbocycles. The molecule has 118 valence electrons. The van der Waals surface area contributed by atoms with Gasteiger partial charge in [0.25, 0.3) is 0 Å². The Labute approximate surface area is 130 Å². The second kappa shape index (κ2) is 7.64. The maximum Gasteiger partial charge on any atom is 0.328 e. The fraction of sp³-hybridized carbons (Fsp3) is 0.412. The Morgan fingerprint density at radius 2 is 1.73 bits per heavy atom. The number of piperazine rings is 1. The minimum Gasteiger partial charge on any atom is -0.478 e. The molecule has 1 aromatic carbocycles. The van der Waals surface area contributed by atoms with Crippen molar-refractivity contribution in [3.63, 3.8) is 0 Å². The number of carbonyl (C=O) groups is 2. The second-order valence-corrected chi connectivity index (χ2v) is 5.40. The first kappa shape index (κ1) is 16.1. The molecule has 5 nitrogen and oxygen atoms in total. The third kappa shape index (κ3) is 4.35. The van der Waals surface area contributed by atoms with E-state index in [1.165, 1.54) is 11.3 Å². The number of aryl methyl sites for hydroxylation is 1. The predicted molar refractivity (Wildman–Crippen MR) is 86.0 cm³/mol. The van der Waals surface area contributed by atoms with Gasteiger partial charge in [0.1, 0.15) is 0 Å². The predicted octanol–water partition coefficient (Wildman–Crippen LogP) is 1.93. The second-order valence-electron chi connectivity index (χ2n) is 5.40. The van der Waals surface area contributed by atoms with Crippen molar-refractivity contribution < 1.29 is 14.7 Å². The molecule has 1 aliphatic heterocycles. The van der Waals surface area contributed by atoms with Gasteiger partial charge in [-0.2, -0.15) is 0 Å². The summed E-state index contributed by atoms with van der Waals surface area (Å²) in [5.74, 6) is -1.33. The first-order valence-corrected chi connectivity index (χ1v) is 7.64. The minimum absolute atomic E-state index is 0.236. The molecule has 1 saturated heterocycles. The Kier molecular flexibility index (Phi) is 5.58. The van der Waals surface area contributed by atoms with Crippen LogP contribution in [0.1, 0.15) is 18.9 Å². The van der Waals surface area contributed by atoms with E-state index in [-0.39, 0.29) is 5.91 Å². The number of amides is 1. The van der Waals surface area contributed by atoms with Gasteiger partial charge in [-0.25, -0.2) is 4.79 Å². The van der Waals surface area contributed by atoms with Crippen molar-refractivity contribution in [1.29, 1.82) is 0 Å². The van der Waals surface area contributed by atoms with Gasteiger partial charge in [-0.3, -0.25) is 4.79 Å². The summed E-state index contributed by atoms with van der Waals surface area (Å²) in [5, 5.41) is 8.55. The van der Waals surface area contributed by atoms with Crippen LogP contribution >= 0.6 is 0 Å². The van der Waals surface area contributed by atoms with E-state index in [4.69, 9.17) is 5.11 Å². The highest BCUT2D eigenvalue weighted by atomic mass is 16.4. The first-order valence-electron chi connectivity index (χ1n) is 7.64. The summed E-state index contributed by atoms with van der Waals surface area (Å²) in [4.78, 5) is 26.2. The summed E-state index contributed by atoms with van der Waals surface area (Å²) in [6.45, 7) is 4.92. The first-order chi connectivity index (χ1) is 10.6. The smallest absolute Gasteiger partial charge is 0.328 e. The van der Waals surface area contributed by atoms with Crippen LogP contribution in [-0.2, 0) is 16.0 Å². The number of anilines is 1. The Balaban J connectivity index is 1.88. The van der Waals surface area contributed by atoms with E-state index in [1.807, 2.05) is 0 Å². The van der Waals surface area contributed by atoms with Crippen LogP contribution in [0, 0.1) is 0 Å². The summed E-state index contributed by atoms with van der Waals surface area (Å²) >= 11 is 0. The molecule has 0 spiro atoms. The van der Waals surface area contributed by atoms with Gasteiger partial charge < -0.3 is 14.9 Å². The average Bonchev–Trinajstić information content (AvgIpc) is 2.54. The molecule has 0 unspecified atom stereocenters. The summed E-state index contributed by atoms with van der Waals surface area (Å²) in [6, 6.07) is 8.58. The standard InChI is InChI=1S/C17H22N2O3/c1-2-3-14-4-6-15(7-5-14)18-10-12-19(13-11-18)16(20)8-9-17(21)22/h4-9H,2-3,10-13H2,1H3,(H,21,22)/b9-8+. The van der Waals surface area contributed by atoms with Crippen LogP contribution in [0.4, 0.5) is 5.69 Å². The molecule has 0 atom stereocenters. The van der Waals surface area contributed by atoms with Crippen molar-refractivity contribution in [1.82, 2.24) is 4.90 Å². The summed E-state index contributed by atoms with van der Waals surface area (Å²) in [7, 11) is 0. The number of hydrogen-bond acceptors (Lipinski definition) is 3. The Morgan fingerprint density at radius 1 is 1.09 bits per heavy atom. The van der Waals surface area contributed by atoms with E-state index in [0.717, 1.165) is 38.1 Å². The molecule has 1 aliphatic rings. The van der Waals surface area contributed by atoms with Crippen molar-refractivity contribution in [2.75, 3.05) is 31.1 Å². The van der Waals surface area contributed by atoms with Crippen LogP contribution in [0.15, 0.2) is 36.4 Å². The largest absolute Gasteiger partial charge is 0.478 e. The zero-order chi connectivity index (χ0) is 15.9. The fourth-order valence-electron chi connectivity index (χ4n) is 2.60. The molecule has 0 bridgehead atoms. The molecule has 1 N–H and O–H groups in total. The lowest BCUT2D eigenvalue weighted by molar-refractivity contribution is -0.132. The van der Waals surface area contributed by atoms with Gasteiger partial charge in [-0.05, 0) is 24.1 Å². The van der Waals surface area contributed by atoms with Gasteiger partial charge in [0.15, 0.2) is 0 Å². The molecule has 22 heavy (non-hydrogen) atoms. The maximum absolute atomic E-state index is 11.8. The average molecular weight is 302 g/mol. The molecule has 1 aromatic rings. The van der Waals surface area contributed by atoms with Crippen LogP contribution in [0.2, 0.25) is 0 Å². The van der Waals surface area contributed by atoms with Crippen molar-refractivity contribution >= 4 is 17.6 Å². The van der Waals surface area contributed by atoms with Crippen molar-refractivity contribution in [2.45, 2.75) is 19.8 Å². The number of aliphatic carboxylic acids is 1. The fourth-order valence-corrected chi connectivity index (χ4v) is 2.60. The molecule has 1 fully saturated rings. The summed E-state index contributed by atoms with van der Waals surface area (Å²) < 4.78 is 0. The number of nitrogens with zero attached hydrogens (tertiary/aromatic N) is 2. The zero-order valence-electron chi connectivity index (χ0n) is 12.9. The van der Waals surface area contributed by atoms with Crippen LogP contribution in [0.3, 0.4) is 0 Å².